The first-order valence-corrected chi connectivity index (χ1v) is 8.01. The standard InChI is InChI=1S/C16H19ClN4O2/c1-9(2)13(22)19-10-4-5-12(17)11(8-10)14-20-15(21-23-14)16(18)6-3-7-16/h4-5,8-9H,3,6-7,18H2,1-2H3,(H,19,22). The van der Waals surface area contributed by atoms with Crippen molar-refractivity contribution in [2.75, 3.05) is 5.32 Å². The van der Waals surface area contributed by atoms with Crippen LogP contribution in [0.15, 0.2) is 22.7 Å². The number of hydrogen-bond donors (Lipinski definition) is 2. The van der Waals surface area contributed by atoms with Gasteiger partial charge >= 0.3 is 0 Å². The molecule has 0 spiro atoms. The van der Waals surface area contributed by atoms with Crippen molar-refractivity contribution < 1.29 is 9.32 Å². The summed E-state index contributed by atoms with van der Waals surface area (Å²) in [4.78, 5) is 16.2. The van der Waals surface area contributed by atoms with Crippen LogP contribution in [0.4, 0.5) is 5.69 Å². The lowest BCUT2D eigenvalue weighted by molar-refractivity contribution is -0.118. The van der Waals surface area contributed by atoms with E-state index in [-0.39, 0.29) is 11.8 Å². The van der Waals surface area contributed by atoms with E-state index >= 15 is 0 Å². The number of benzene rings is 1. The van der Waals surface area contributed by atoms with Crippen molar-refractivity contribution in [2.45, 2.75) is 38.6 Å². The lowest BCUT2D eigenvalue weighted by Gasteiger charge is -2.34. The molecule has 1 aliphatic rings. The average Bonchev–Trinajstić information content (AvgIpc) is 2.96. The van der Waals surface area contributed by atoms with Crippen molar-refractivity contribution in [1.29, 1.82) is 0 Å². The number of nitrogens with two attached hydrogens (primary N) is 1. The normalized spacial score (nSPS) is 16.2. The predicted molar refractivity (Wildman–Crippen MR) is 87.9 cm³/mol. The fourth-order valence-corrected chi connectivity index (χ4v) is 2.57. The smallest absolute Gasteiger partial charge is 0.259 e. The van der Waals surface area contributed by atoms with Crippen molar-refractivity contribution in [3.05, 3.63) is 29.0 Å². The van der Waals surface area contributed by atoms with Crippen molar-refractivity contribution >= 4 is 23.2 Å². The zero-order chi connectivity index (χ0) is 16.6. The summed E-state index contributed by atoms with van der Waals surface area (Å²) >= 11 is 6.23. The molecule has 3 rings (SSSR count). The third-order valence-corrected chi connectivity index (χ3v) is 4.44. The van der Waals surface area contributed by atoms with Gasteiger partial charge in [0.2, 0.25) is 5.91 Å². The van der Waals surface area contributed by atoms with Gasteiger partial charge in [0.25, 0.3) is 5.89 Å². The molecule has 1 amide bonds. The summed E-state index contributed by atoms with van der Waals surface area (Å²) in [6.45, 7) is 3.66. The van der Waals surface area contributed by atoms with Gasteiger partial charge in [-0.1, -0.05) is 30.6 Å². The molecule has 0 radical (unpaired) electrons. The fourth-order valence-electron chi connectivity index (χ4n) is 2.37. The van der Waals surface area contributed by atoms with Crippen molar-refractivity contribution in [1.82, 2.24) is 10.1 Å². The Bertz CT molecular complexity index is 737. The number of nitrogens with zero attached hydrogens (tertiary/aromatic N) is 2. The fraction of sp³-hybridized carbons (Fsp3) is 0.438. The number of rotatable bonds is 4. The van der Waals surface area contributed by atoms with Gasteiger partial charge in [-0.15, -0.1) is 0 Å². The van der Waals surface area contributed by atoms with E-state index in [1.54, 1.807) is 18.2 Å². The minimum atomic E-state index is -0.488. The number of carbonyl (C=O) groups excluding carboxylic acids is 1. The highest BCUT2D eigenvalue weighted by Gasteiger charge is 2.39. The topological polar surface area (TPSA) is 94.0 Å². The van der Waals surface area contributed by atoms with Crippen LogP contribution in [0.2, 0.25) is 5.02 Å². The molecule has 23 heavy (non-hydrogen) atoms. The van der Waals surface area contributed by atoms with Gasteiger partial charge in [-0.3, -0.25) is 4.79 Å². The molecule has 1 heterocycles. The summed E-state index contributed by atoms with van der Waals surface area (Å²) in [6, 6.07) is 5.15. The van der Waals surface area contributed by atoms with Crippen LogP contribution < -0.4 is 11.1 Å². The van der Waals surface area contributed by atoms with E-state index in [0.29, 0.717) is 28.0 Å². The largest absolute Gasteiger partial charge is 0.334 e. The van der Waals surface area contributed by atoms with Gasteiger partial charge in [-0.05, 0) is 37.5 Å². The van der Waals surface area contributed by atoms with Gasteiger partial charge in [0.1, 0.15) is 0 Å². The van der Waals surface area contributed by atoms with Crippen LogP contribution in [0.1, 0.15) is 38.9 Å². The molecule has 6 nitrogen and oxygen atoms in total. The summed E-state index contributed by atoms with van der Waals surface area (Å²) < 4.78 is 5.32. The summed E-state index contributed by atoms with van der Waals surface area (Å²) in [5.74, 6) is 0.633. The summed E-state index contributed by atoms with van der Waals surface area (Å²) in [5, 5.41) is 7.29. The Hall–Kier alpha value is -1.92. The van der Waals surface area contributed by atoms with Gasteiger partial charge in [0, 0.05) is 11.6 Å². The van der Waals surface area contributed by atoms with Crippen molar-refractivity contribution in [2.24, 2.45) is 11.7 Å². The van der Waals surface area contributed by atoms with Crippen LogP contribution in [-0.2, 0) is 10.3 Å². The molecule has 0 saturated heterocycles. The molecule has 0 unspecified atom stereocenters. The maximum absolute atomic E-state index is 11.8. The number of anilines is 1. The van der Waals surface area contributed by atoms with Gasteiger partial charge < -0.3 is 15.6 Å². The maximum Gasteiger partial charge on any atom is 0.259 e. The molecule has 1 saturated carbocycles. The van der Waals surface area contributed by atoms with Crippen LogP contribution in [0.25, 0.3) is 11.5 Å². The second-order valence-corrected chi connectivity index (χ2v) is 6.68. The molecular weight excluding hydrogens is 316 g/mol. The molecule has 1 aliphatic carbocycles. The molecule has 3 N–H and O–H groups in total. The van der Waals surface area contributed by atoms with Crippen LogP contribution in [0, 0.1) is 5.92 Å². The third-order valence-electron chi connectivity index (χ3n) is 4.11. The van der Waals surface area contributed by atoms with Crippen molar-refractivity contribution in [3.63, 3.8) is 0 Å². The highest BCUT2D eigenvalue weighted by atomic mass is 35.5. The Labute approximate surface area is 139 Å². The van der Waals surface area contributed by atoms with Gasteiger partial charge in [-0.2, -0.15) is 4.98 Å². The summed E-state index contributed by atoms with van der Waals surface area (Å²) in [5.41, 5.74) is 6.93. The van der Waals surface area contributed by atoms with Crippen LogP contribution in [0.3, 0.4) is 0 Å². The monoisotopic (exact) mass is 334 g/mol. The van der Waals surface area contributed by atoms with E-state index in [9.17, 15) is 4.79 Å². The Kier molecular flexibility index (Phi) is 4.12. The lowest BCUT2D eigenvalue weighted by atomic mass is 9.77. The first-order chi connectivity index (χ1) is 10.9. The first-order valence-electron chi connectivity index (χ1n) is 7.63. The summed E-state index contributed by atoms with van der Waals surface area (Å²) in [7, 11) is 0. The number of hydrogen-bond acceptors (Lipinski definition) is 5. The molecule has 0 atom stereocenters. The van der Waals surface area contributed by atoms with E-state index < -0.39 is 5.54 Å². The van der Waals surface area contributed by atoms with E-state index in [4.69, 9.17) is 21.9 Å². The van der Waals surface area contributed by atoms with Crippen LogP contribution in [-0.4, -0.2) is 16.0 Å². The van der Waals surface area contributed by atoms with E-state index in [1.165, 1.54) is 0 Å². The van der Waals surface area contributed by atoms with E-state index in [0.717, 1.165) is 19.3 Å². The quantitative estimate of drug-likeness (QED) is 0.894. The number of halogens is 1. The average molecular weight is 335 g/mol. The lowest BCUT2D eigenvalue weighted by Crippen LogP contribution is -2.44. The zero-order valence-corrected chi connectivity index (χ0v) is 13.9. The van der Waals surface area contributed by atoms with Gasteiger partial charge in [0.05, 0.1) is 16.1 Å². The molecule has 1 aromatic heterocycles. The second kappa shape index (κ2) is 5.94. The summed E-state index contributed by atoms with van der Waals surface area (Å²) in [6.07, 6.45) is 2.77. The molecule has 7 heteroatoms. The highest BCUT2D eigenvalue weighted by molar-refractivity contribution is 6.33. The highest BCUT2D eigenvalue weighted by Crippen LogP contribution is 2.38. The third kappa shape index (κ3) is 3.09. The van der Waals surface area contributed by atoms with Gasteiger partial charge in [-0.25, -0.2) is 0 Å². The molecule has 2 aromatic rings. The molecule has 122 valence electrons. The minimum absolute atomic E-state index is 0.0696. The SMILES string of the molecule is CC(C)C(=O)Nc1ccc(Cl)c(-c2nc(C3(N)CCC3)no2)c1. The number of amides is 1. The number of nitrogens with one attached hydrogen (secondary N) is 1. The molecule has 0 bridgehead atoms. The number of aromatic nitrogens is 2. The molecular formula is C16H19ClN4O2. The molecule has 0 aliphatic heterocycles. The predicted octanol–water partition coefficient (Wildman–Crippen LogP) is 3.32. The maximum atomic E-state index is 11.8. The second-order valence-electron chi connectivity index (χ2n) is 6.27. The minimum Gasteiger partial charge on any atom is -0.334 e. The Morgan fingerprint density at radius 3 is 2.78 bits per heavy atom. The Morgan fingerprint density at radius 1 is 1.43 bits per heavy atom. The molecule has 1 aromatic carbocycles. The van der Waals surface area contributed by atoms with Crippen LogP contribution >= 0.6 is 11.6 Å². The van der Waals surface area contributed by atoms with Gasteiger partial charge in [0.15, 0.2) is 5.82 Å². The zero-order valence-electron chi connectivity index (χ0n) is 13.1. The number of carbonyl (C=O) groups is 1. The van der Waals surface area contributed by atoms with Crippen LogP contribution in [0.5, 0.6) is 0 Å². The van der Waals surface area contributed by atoms with Crippen molar-refractivity contribution in [3.8, 4) is 11.5 Å². The first kappa shape index (κ1) is 16.0. The van der Waals surface area contributed by atoms with E-state index in [1.807, 2.05) is 13.8 Å². The Balaban J connectivity index is 1.88. The Morgan fingerprint density at radius 2 is 2.17 bits per heavy atom. The van der Waals surface area contributed by atoms with E-state index in [2.05, 4.69) is 15.5 Å². The molecule has 1 fully saturated rings.